The zero-order valence-electron chi connectivity index (χ0n) is 27.7. The van der Waals surface area contributed by atoms with Crippen molar-refractivity contribution in [1.82, 2.24) is 39.0 Å². The molecule has 0 aromatic carbocycles. The number of aromatic nitrogens is 8. The van der Waals surface area contributed by atoms with E-state index in [4.69, 9.17) is 55.4 Å². The molecule has 2 aliphatic rings. The molecular formula is C20H32N10O23P4. The quantitative estimate of drug-likeness (QED) is 0.0659. The van der Waals surface area contributed by atoms with E-state index < -0.39 is 105 Å². The molecule has 1 unspecified atom stereocenters. The van der Waals surface area contributed by atoms with Crippen LogP contribution in [0, 0.1) is 0 Å². The van der Waals surface area contributed by atoms with Gasteiger partial charge in [-0.3, -0.25) is 33.2 Å². The maximum absolute atomic E-state index is 11.8. The maximum Gasteiger partial charge on any atom is 0.481 e. The predicted octanol–water partition coefficient (Wildman–Crippen LogP) is -5.95. The number of nitrogens with zero attached hydrogens (tertiary/aromatic N) is 6. The fourth-order valence-corrected chi connectivity index (χ4v) is 7.64. The first-order chi connectivity index (χ1) is 26.1. The zero-order chi connectivity index (χ0) is 43.0. The fourth-order valence-electron chi connectivity index (χ4n) is 4.93. The number of H-pyrrole nitrogens is 2. The Morgan fingerprint density at radius 2 is 1.05 bits per heavy atom. The Morgan fingerprint density at radius 1 is 0.667 bits per heavy atom. The first-order valence-electron chi connectivity index (χ1n) is 14.8. The second-order valence-corrected chi connectivity index (χ2v) is 16.7. The van der Waals surface area contributed by atoms with Gasteiger partial charge in [-0.2, -0.15) is 18.6 Å². The number of aromatic amines is 2. The van der Waals surface area contributed by atoms with E-state index in [-0.39, 0.29) is 34.2 Å². The van der Waals surface area contributed by atoms with Crippen molar-refractivity contribution in [2.24, 2.45) is 0 Å². The van der Waals surface area contributed by atoms with Crippen LogP contribution in [0.3, 0.4) is 0 Å². The predicted molar refractivity (Wildman–Crippen MR) is 178 cm³/mol. The fraction of sp³-hybridized carbons (Fsp3) is 0.500. The van der Waals surface area contributed by atoms with E-state index in [0.29, 0.717) is 0 Å². The number of ether oxygens (including phenoxy) is 2. The lowest BCUT2D eigenvalue weighted by Gasteiger charge is -2.17. The van der Waals surface area contributed by atoms with Gasteiger partial charge in [0.2, 0.25) is 11.9 Å². The van der Waals surface area contributed by atoms with E-state index in [1.165, 1.54) is 10.9 Å². The second-order valence-electron chi connectivity index (χ2n) is 11.2. The summed E-state index contributed by atoms with van der Waals surface area (Å²) in [6.07, 6.45) is -8.09. The molecule has 2 fully saturated rings. The molecule has 0 spiro atoms. The smallest absolute Gasteiger partial charge is 0.394 e. The second kappa shape index (κ2) is 17.4. The van der Waals surface area contributed by atoms with Gasteiger partial charge in [0.1, 0.15) is 36.6 Å². The number of anilines is 2. The summed E-state index contributed by atoms with van der Waals surface area (Å²) in [6, 6.07) is 0. The molecule has 4 aromatic rings. The Bertz CT molecular complexity index is 2350. The van der Waals surface area contributed by atoms with Crippen LogP contribution in [-0.2, 0) is 40.9 Å². The summed E-state index contributed by atoms with van der Waals surface area (Å²) in [4.78, 5) is 101. The number of nitrogens with one attached hydrogen (secondary N) is 2. The van der Waals surface area contributed by atoms with Crippen molar-refractivity contribution < 1.29 is 101 Å². The van der Waals surface area contributed by atoms with Crippen LogP contribution >= 0.6 is 31.3 Å². The number of aliphatic hydroxyl groups is 5. The van der Waals surface area contributed by atoms with Crippen molar-refractivity contribution in [2.45, 2.75) is 49.1 Å². The van der Waals surface area contributed by atoms with Crippen molar-refractivity contribution in [3.8, 4) is 0 Å². The van der Waals surface area contributed by atoms with Crippen LogP contribution in [0.4, 0.5) is 11.9 Å². The molecule has 6 rings (SSSR count). The molecule has 33 nitrogen and oxygen atoms in total. The van der Waals surface area contributed by atoms with Gasteiger partial charge in [0.05, 0.1) is 25.9 Å². The third-order valence-electron chi connectivity index (χ3n) is 7.13. The number of fused-ring (bicyclic) bond motifs is 2. The number of nitrogens with two attached hydrogens (primary N) is 2. The summed E-state index contributed by atoms with van der Waals surface area (Å²) in [5, 5.41) is 49.0. The summed E-state index contributed by atoms with van der Waals surface area (Å²) >= 11 is 0. The molecule has 37 heteroatoms. The highest BCUT2D eigenvalue weighted by Gasteiger charge is 2.46. The Morgan fingerprint density at radius 3 is 1.40 bits per heavy atom. The summed E-state index contributed by atoms with van der Waals surface area (Å²) in [5.74, 6) is -0.334. The first-order valence-corrected chi connectivity index (χ1v) is 20.9. The van der Waals surface area contributed by atoms with Gasteiger partial charge in [0.25, 0.3) is 11.1 Å². The van der Waals surface area contributed by atoms with Gasteiger partial charge in [0, 0.05) is 0 Å². The Balaban J connectivity index is 0.000000215. The monoisotopic (exact) mass is 904 g/mol. The first kappa shape index (κ1) is 46.2. The number of phosphoric acid groups is 4. The van der Waals surface area contributed by atoms with Crippen molar-refractivity contribution in [2.75, 3.05) is 24.7 Å². The van der Waals surface area contributed by atoms with Crippen LogP contribution in [0.2, 0.25) is 0 Å². The molecule has 9 atom stereocenters. The third kappa shape index (κ3) is 11.8. The molecule has 2 saturated heterocycles. The highest BCUT2D eigenvalue weighted by atomic mass is 31.3. The lowest BCUT2D eigenvalue weighted by atomic mass is 10.1. The minimum Gasteiger partial charge on any atom is -0.394 e. The normalized spacial score (nSPS) is 26.5. The van der Waals surface area contributed by atoms with Crippen LogP contribution in [0.5, 0.6) is 0 Å². The summed E-state index contributed by atoms with van der Waals surface area (Å²) < 4.78 is 65.4. The van der Waals surface area contributed by atoms with E-state index in [1.54, 1.807) is 0 Å². The van der Waals surface area contributed by atoms with E-state index in [2.05, 4.69) is 43.0 Å². The van der Waals surface area contributed by atoms with Crippen LogP contribution in [0.15, 0.2) is 22.2 Å². The molecule has 0 amide bonds. The van der Waals surface area contributed by atoms with Crippen LogP contribution in [-0.4, -0.2) is 149 Å². The lowest BCUT2D eigenvalue weighted by molar-refractivity contribution is -0.0511. The highest BCUT2D eigenvalue weighted by Crippen LogP contribution is 2.58. The van der Waals surface area contributed by atoms with Gasteiger partial charge in [-0.05, 0) is 0 Å². The van der Waals surface area contributed by atoms with Gasteiger partial charge in [-0.15, -0.1) is 0 Å². The van der Waals surface area contributed by atoms with Crippen molar-refractivity contribution >= 4 is 65.5 Å². The molecule has 320 valence electrons. The van der Waals surface area contributed by atoms with E-state index in [1.807, 2.05) is 0 Å². The van der Waals surface area contributed by atoms with Crippen molar-refractivity contribution in [1.29, 1.82) is 0 Å². The minimum atomic E-state index is -5.32. The Kier molecular flexibility index (Phi) is 14.1. The van der Waals surface area contributed by atoms with Gasteiger partial charge in [0.15, 0.2) is 34.8 Å². The average molecular weight is 904 g/mol. The molecule has 4 aromatic heterocycles. The van der Waals surface area contributed by atoms with E-state index in [9.17, 15) is 53.2 Å². The van der Waals surface area contributed by atoms with Crippen LogP contribution < -0.4 is 22.6 Å². The average Bonchev–Trinajstić information content (AvgIpc) is 3.79. The van der Waals surface area contributed by atoms with Gasteiger partial charge < -0.3 is 80.7 Å². The third-order valence-corrected chi connectivity index (χ3v) is 11.0. The van der Waals surface area contributed by atoms with E-state index >= 15 is 0 Å². The van der Waals surface area contributed by atoms with Gasteiger partial charge >= 0.3 is 31.3 Å². The lowest BCUT2D eigenvalue weighted by Crippen LogP contribution is -2.33. The summed E-state index contributed by atoms with van der Waals surface area (Å²) in [7, 11) is -20.6. The molecule has 2 aliphatic heterocycles. The highest BCUT2D eigenvalue weighted by molar-refractivity contribution is 7.61. The number of rotatable bonds is 10. The van der Waals surface area contributed by atoms with Gasteiger partial charge in [-0.1, -0.05) is 0 Å². The standard InChI is InChI=1S/C10H15N5O11P2.C10H13N5O5.H4O7P2/c11-10-13-7-4(8(18)14-10)12-2-15(7)9-6(17)5(16)3(25-9)1-24-28(22,23)26-27(19,20)21;11-10-13-7-4(8(19)14-10)12-2-15(7)9-6(18)5(17)3(1-16)20-9;1-8(2,3)7-9(4,5)6/h2-3,5-6,9,16-17H,1H2,(H,22,23)(H2,19,20,21)(H3,11,13,14,18);2-3,5-6,9,16-18H,1H2,(H3,11,13,14,19);(H2,1,2,3)(H2,4,5,6)/t2*3-,5-,6-,9-;/m11./s1. The largest absolute Gasteiger partial charge is 0.481 e. The molecule has 0 radical (unpaired) electrons. The molecule has 0 bridgehead atoms. The number of nitrogen functional groups attached to an aromatic ring is 2. The van der Waals surface area contributed by atoms with Crippen LogP contribution in [0.1, 0.15) is 12.5 Å². The van der Waals surface area contributed by atoms with Crippen LogP contribution in [0.25, 0.3) is 22.3 Å². The number of hydrogen-bond acceptors (Lipinski definition) is 22. The topological polar surface area (TPSA) is 536 Å². The molecule has 0 saturated carbocycles. The van der Waals surface area contributed by atoms with E-state index in [0.717, 1.165) is 10.9 Å². The number of phosphoric ester groups is 1. The summed E-state index contributed by atoms with van der Waals surface area (Å²) in [6.45, 7) is -1.32. The SMILES string of the molecule is Nc1nc2c(ncn2[C@@H]2O[C@H](CO)[C@@H](O)[C@H]2O)c(=O)[nH]1.Nc1nc2c(ncn2[C@@H]2O[C@H](COP(=O)(O)OP(=O)(O)O)[C@@H](O)[C@H]2O)c(=O)[nH]1.O=P(O)(O)OP(=O)(O)O. The van der Waals surface area contributed by atoms with Gasteiger partial charge in [-0.25, -0.2) is 28.2 Å². The minimum absolute atomic E-state index is 0.0388. The molecule has 57 heavy (non-hydrogen) atoms. The Labute approximate surface area is 312 Å². The molecule has 18 N–H and O–H groups in total. The zero-order valence-corrected chi connectivity index (χ0v) is 31.2. The summed E-state index contributed by atoms with van der Waals surface area (Å²) in [5.41, 5.74) is 9.76. The molecular weight excluding hydrogens is 872 g/mol. The molecule has 6 heterocycles. The number of aliphatic hydroxyl groups excluding tert-OH is 5. The molecule has 0 aliphatic carbocycles. The number of imidazole rings is 2. The Hall–Kier alpha value is -3.46. The maximum atomic E-state index is 11.8. The van der Waals surface area contributed by atoms with Crippen molar-refractivity contribution in [3.05, 3.63) is 33.4 Å². The van der Waals surface area contributed by atoms with Crippen molar-refractivity contribution in [3.63, 3.8) is 0 Å². The number of hydrogen-bond donors (Lipinski definition) is 16.